The first-order valence-electron chi connectivity index (χ1n) is 10.2. The summed E-state index contributed by atoms with van der Waals surface area (Å²) in [6, 6.07) is 15.2. The Labute approximate surface area is 200 Å². The Balaban J connectivity index is 1.93. The number of methoxy groups -OCH3 is 1. The van der Waals surface area contributed by atoms with E-state index in [1.54, 1.807) is 48.5 Å². The van der Waals surface area contributed by atoms with E-state index in [9.17, 15) is 19.5 Å². The topological polar surface area (TPSA) is 109 Å². The summed E-state index contributed by atoms with van der Waals surface area (Å²) in [5.74, 6) is -2.06. The zero-order valence-electron chi connectivity index (χ0n) is 18.3. The molecule has 1 atom stereocenters. The molecule has 1 fully saturated rings. The van der Waals surface area contributed by atoms with Crippen molar-refractivity contribution in [2.45, 2.75) is 13.0 Å². The van der Waals surface area contributed by atoms with Crippen molar-refractivity contribution in [1.82, 2.24) is 4.98 Å². The van der Waals surface area contributed by atoms with Crippen LogP contribution in [0, 0.1) is 0 Å². The highest BCUT2D eigenvalue weighted by Crippen LogP contribution is 2.43. The summed E-state index contributed by atoms with van der Waals surface area (Å²) in [5.41, 5.74) is 1.14. The quantitative estimate of drug-likeness (QED) is 0.321. The van der Waals surface area contributed by atoms with Crippen molar-refractivity contribution in [1.29, 1.82) is 0 Å². The fourth-order valence-corrected chi connectivity index (χ4v) is 4.02. The normalized spacial score (nSPS) is 17.0. The number of hydrogen-bond acceptors (Lipinski definition) is 6. The Hall–Kier alpha value is -4.17. The summed E-state index contributed by atoms with van der Waals surface area (Å²) >= 11 is 6.31. The molecule has 0 radical (unpaired) electrons. The van der Waals surface area contributed by atoms with Crippen LogP contribution in [0.5, 0.6) is 5.75 Å². The number of hydrogen-bond donors (Lipinski definition) is 2. The maximum atomic E-state index is 13.2. The number of halogens is 1. The number of ketones is 1. The Morgan fingerprint density at radius 3 is 2.59 bits per heavy atom. The third-order valence-electron chi connectivity index (χ3n) is 5.29. The summed E-state index contributed by atoms with van der Waals surface area (Å²) in [7, 11) is 1.46. The Morgan fingerprint density at radius 1 is 1.12 bits per heavy atom. The van der Waals surface area contributed by atoms with E-state index in [-0.39, 0.29) is 22.1 Å². The van der Waals surface area contributed by atoms with Crippen LogP contribution in [0.4, 0.5) is 11.4 Å². The number of aliphatic hydroxyl groups excluding tert-OH is 1. The van der Waals surface area contributed by atoms with Crippen molar-refractivity contribution in [2.24, 2.45) is 0 Å². The molecule has 172 valence electrons. The van der Waals surface area contributed by atoms with Gasteiger partial charge in [-0.2, -0.15) is 0 Å². The second-order valence-electron chi connectivity index (χ2n) is 7.50. The van der Waals surface area contributed by atoms with E-state index in [0.717, 1.165) is 0 Å². The number of ether oxygens (including phenoxy) is 1. The molecule has 8 nitrogen and oxygen atoms in total. The first-order valence-corrected chi connectivity index (χ1v) is 10.6. The summed E-state index contributed by atoms with van der Waals surface area (Å²) in [6.45, 7) is 1.37. The monoisotopic (exact) mass is 477 g/mol. The van der Waals surface area contributed by atoms with E-state index in [2.05, 4.69) is 10.3 Å². The van der Waals surface area contributed by atoms with E-state index in [1.807, 2.05) is 0 Å². The van der Waals surface area contributed by atoms with Gasteiger partial charge in [-0.25, -0.2) is 0 Å². The molecule has 1 aromatic heterocycles. The number of nitrogens with zero attached hydrogens (tertiary/aromatic N) is 2. The number of pyridine rings is 1. The molecule has 0 bridgehead atoms. The number of aromatic nitrogens is 1. The molecule has 0 saturated carbocycles. The Kier molecular flexibility index (Phi) is 6.34. The molecule has 2 N–H and O–H groups in total. The molecule has 34 heavy (non-hydrogen) atoms. The van der Waals surface area contributed by atoms with Gasteiger partial charge < -0.3 is 15.2 Å². The van der Waals surface area contributed by atoms with Crippen LogP contribution in [-0.2, 0) is 14.4 Å². The third kappa shape index (κ3) is 4.23. The number of benzene rings is 2. The van der Waals surface area contributed by atoms with E-state index < -0.39 is 23.5 Å². The lowest BCUT2D eigenvalue weighted by molar-refractivity contribution is -0.132. The van der Waals surface area contributed by atoms with Crippen LogP contribution in [0.3, 0.4) is 0 Å². The van der Waals surface area contributed by atoms with Gasteiger partial charge in [-0.15, -0.1) is 0 Å². The molecular formula is C25H20ClN3O5. The summed E-state index contributed by atoms with van der Waals surface area (Å²) < 4.78 is 5.22. The number of aliphatic hydroxyl groups is 1. The summed E-state index contributed by atoms with van der Waals surface area (Å²) in [4.78, 5) is 43.6. The molecule has 1 saturated heterocycles. The summed E-state index contributed by atoms with van der Waals surface area (Å²) in [6.07, 6.45) is 1.53. The smallest absolute Gasteiger partial charge is 0.300 e. The van der Waals surface area contributed by atoms with E-state index in [0.29, 0.717) is 22.8 Å². The highest BCUT2D eigenvalue weighted by molar-refractivity contribution is 6.52. The van der Waals surface area contributed by atoms with Gasteiger partial charge in [-0.1, -0.05) is 23.7 Å². The molecule has 2 heterocycles. The van der Waals surface area contributed by atoms with Crippen LogP contribution in [0.25, 0.3) is 5.76 Å². The molecule has 9 heteroatoms. The fourth-order valence-electron chi connectivity index (χ4n) is 3.81. The fraction of sp³-hybridized carbons (Fsp3) is 0.120. The lowest BCUT2D eigenvalue weighted by Crippen LogP contribution is -2.30. The SMILES string of the molecule is COc1ccc(Cl)c(/C(O)=C2\C(=O)C(=O)N(c3cccc(NC(C)=O)c3)C2c2ccccn2)c1. The minimum Gasteiger partial charge on any atom is -0.507 e. The highest BCUT2D eigenvalue weighted by atomic mass is 35.5. The molecule has 0 aliphatic carbocycles. The second-order valence-corrected chi connectivity index (χ2v) is 7.91. The van der Waals surface area contributed by atoms with Crippen LogP contribution >= 0.6 is 11.6 Å². The van der Waals surface area contributed by atoms with Gasteiger partial charge >= 0.3 is 0 Å². The van der Waals surface area contributed by atoms with Gasteiger partial charge in [-0.05, 0) is 48.5 Å². The number of carbonyl (C=O) groups excluding carboxylic acids is 3. The Morgan fingerprint density at radius 2 is 1.91 bits per heavy atom. The van der Waals surface area contributed by atoms with E-state index in [4.69, 9.17) is 16.3 Å². The first kappa shape index (κ1) is 23.0. The number of carbonyl (C=O) groups is 3. The molecule has 4 rings (SSSR count). The van der Waals surface area contributed by atoms with E-state index >= 15 is 0 Å². The van der Waals surface area contributed by atoms with Crippen LogP contribution in [0.15, 0.2) is 72.4 Å². The number of nitrogens with one attached hydrogen (secondary N) is 1. The standard InChI is InChI=1S/C25H20ClN3O5/c1-14(30)28-15-6-5-7-16(12-15)29-22(20-8-3-4-11-27-20)21(24(32)25(29)33)23(31)18-13-17(34-2)9-10-19(18)26/h3-13,22,31H,1-2H3,(H,28,30)/b23-21+. The zero-order chi connectivity index (χ0) is 24.4. The number of rotatable bonds is 5. The van der Waals surface area contributed by atoms with Gasteiger partial charge in [0.2, 0.25) is 5.91 Å². The number of anilines is 2. The highest BCUT2D eigenvalue weighted by Gasteiger charge is 2.47. The zero-order valence-corrected chi connectivity index (χ0v) is 19.0. The van der Waals surface area contributed by atoms with Crippen LogP contribution in [0.2, 0.25) is 5.02 Å². The van der Waals surface area contributed by atoms with Crippen LogP contribution in [-0.4, -0.2) is 34.8 Å². The molecule has 2 amide bonds. The maximum absolute atomic E-state index is 13.2. The molecule has 0 spiro atoms. The van der Waals surface area contributed by atoms with Crippen LogP contribution in [0.1, 0.15) is 24.2 Å². The molecule has 3 aromatic rings. The molecule has 1 aliphatic heterocycles. The minimum atomic E-state index is -1.03. The van der Waals surface area contributed by atoms with Gasteiger partial charge in [0.05, 0.1) is 23.4 Å². The van der Waals surface area contributed by atoms with Gasteiger partial charge in [-0.3, -0.25) is 24.3 Å². The van der Waals surface area contributed by atoms with Crippen molar-refractivity contribution in [3.8, 4) is 5.75 Å². The lowest BCUT2D eigenvalue weighted by Gasteiger charge is -2.25. The van der Waals surface area contributed by atoms with Crippen molar-refractivity contribution in [2.75, 3.05) is 17.3 Å². The van der Waals surface area contributed by atoms with Gasteiger partial charge in [0.1, 0.15) is 17.6 Å². The van der Waals surface area contributed by atoms with Crippen molar-refractivity contribution >= 4 is 46.3 Å². The average Bonchev–Trinajstić information content (AvgIpc) is 3.10. The van der Waals surface area contributed by atoms with Crippen LogP contribution < -0.4 is 15.0 Å². The molecule has 1 unspecified atom stereocenters. The van der Waals surface area contributed by atoms with Crippen molar-refractivity contribution in [3.05, 3.63) is 88.7 Å². The van der Waals surface area contributed by atoms with Crippen molar-refractivity contribution in [3.63, 3.8) is 0 Å². The second kappa shape index (κ2) is 9.36. The van der Waals surface area contributed by atoms with Gasteiger partial charge in [0.15, 0.2) is 0 Å². The molecule has 1 aliphatic rings. The predicted molar refractivity (Wildman–Crippen MR) is 128 cm³/mol. The average molecular weight is 478 g/mol. The number of amides is 2. The molecular weight excluding hydrogens is 458 g/mol. The Bertz CT molecular complexity index is 1320. The minimum absolute atomic E-state index is 0.145. The van der Waals surface area contributed by atoms with E-state index in [1.165, 1.54) is 37.3 Å². The first-order chi connectivity index (χ1) is 16.3. The largest absolute Gasteiger partial charge is 0.507 e. The summed E-state index contributed by atoms with van der Waals surface area (Å²) in [5, 5.41) is 14.1. The van der Waals surface area contributed by atoms with Gasteiger partial charge in [0, 0.05) is 30.1 Å². The third-order valence-corrected chi connectivity index (χ3v) is 5.62. The van der Waals surface area contributed by atoms with Gasteiger partial charge in [0.25, 0.3) is 11.7 Å². The number of Topliss-reactive ketones (excluding diaryl/α,β-unsaturated/α-hetero) is 1. The maximum Gasteiger partial charge on any atom is 0.300 e. The molecule has 2 aromatic carbocycles. The van der Waals surface area contributed by atoms with Crippen molar-refractivity contribution < 1.29 is 24.2 Å². The lowest BCUT2D eigenvalue weighted by atomic mass is 9.98. The predicted octanol–water partition coefficient (Wildman–Crippen LogP) is 4.33.